The highest BCUT2D eigenvalue weighted by atomic mass is 32.2. The number of aromatic amines is 1. The van der Waals surface area contributed by atoms with Crippen molar-refractivity contribution in [2.45, 2.75) is 50.3 Å². The van der Waals surface area contributed by atoms with Gasteiger partial charge >= 0.3 is 21.6 Å². The molecule has 0 bridgehead atoms. The van der Waals surface area contributed by atoms with Gasteiger partial charge in [0, 0.05) is 34.8 Å². The summed E-state index contributed by atoms with van der Waals surface area (Å²) >= 11 is 0. The van der Waals surface area contributed by atoms with Crippen LogP contribution < -0.4 is 4.90 Å². The molecule has 0 saturated carbocycles. The van der Waals surface area contributed by atoms with E-state index in [4.69, 9.17) is 4.74 Å². The highest BCUT2D eigenvalue weighted by Crippen LogP contribution is 2.36. The first-order chi connectivity index (χ1) is 17.1. The Labute approximate surface area is 214 Å². The number of hydrogen-bond donors (Lipinski definition) is 2. The van der Waals surface area contributed by atoms with Crippen LogP contribution in [0.1, 0.15) is 35.2 Å². The molecule has 1 fully saturated rings. The number of imidazole rings is 1. The van der Waals surface area contributed by atoms with Gasteiger partial charge in [-0.25, -0.2) is 18.9 Å². The standard InChI is InChI=1S/C21H32F3N5O6SSi/c1-28(9-10-29-7-5-6-8-29)18-14(19(30)31)15-16(26-13-25-15)17(27-18)20(34-11-12-37(2,3)4)35-36(32,33)21(22,23)24/h13,20H,5-12H2,1-4H3,(H,25,26)(H,30,31). The quantitative estimate of drug-likeness (QED) is 0.170. The maximum atomic E-state index is 13.2. The maximum Gasteiger partial charge on any atom is 0.523 e. The maximum absolute atomic E-state index is 13.2. The van der Waals surface area contributed by atoms with E-state index >= 15 is 0 Å². The number of anilines is 1. The van der Waals surface area contributed by atoms with Crippen molar-refractivity contribution in [3.63, 3.8) is 0 Å². The molecule has 16 heteroatoms. The number of carboxylic acids is 1. The second-order valence-corrected chi connectivity index (χ2v) is 17.3. The molecule has 0 spiro atoms. The van der Waals surface area contributed by atoms with Crippen molar-refractivity contribution in [2.75, 3.05) is 44.7 Å². The summed E-state index contributed by atoms with van der Waals surface area (Å²) in [4.78, 5) is 26.9. The summed E-state index contributed by atoms with van der Waals surface area (Å²) in [6.07, 6.45) is 1.19. The Balaban J connectivity index is 2.07. The average Bonchev–Trinajstić information content (AvgIpc) is 3.45. The monoisotopic (exact) mass is 567 g/mol. The molecule has 2 N–H and O–H groups in total. The van der Waals surface area contributed by atoms with Crippen molar-refractivity contribution < 1.29 is 40.4 Å². The van der Waals surface area contributed by atoms with Crippen LogP contribution in [0.4, 0.5) is 19.0 Å². The number of ether oxygens (including phenoxy) is 1. The highest BCUT2D eigenvalue weighted by Gasteiger charge is 2.49. The molecule has 1 atom stereocenters. The van der Waals surface area contributed by atoms with Crippen molar-refractivity contribution >= 4 is 41.0 Å². The highest BCUT2D eigenvalue weighted by molar-refractivity contribution is 7.87. The van der Waals surface area contributed by atoms with Gasteiger partial charge < -0.3 is 24.6 Å². The number of rotatable bonds is 12. The van der Waals surface area contributed by atoms with Crippen LogP contribution in [0.15, 0.2) is 6.33 Å². The molecule has 0 radical (unpaired) electrons. The van der Waals surface area contributed by atoms with E-state index in [9.17, 15) is 31.5 Å². The topological polar surface area (TPSA) is 138 Å². The number of pyridine rings is 1. The fraction of sp³-hybridized carbons (Fsp3) is 0.667. The number of aromatic carboxylic acids is 1. The van der Waals surface area contributed by atoms with Crippen molar-refractivity contribution in [2.24, 2.45) is 0 Å². The smallest absolute Gasteiger partial charge is 0.477 e. The molecule has 0 aromatic carbocycles. The first kappa shape index (κ1) is 29.3. The SMILES string of the molecule is CN(CCN1CCCC1)c1nc(C(OCC[Si](C)(C)C)OS(=O)(=O)C(F)(F)F)c2[nH]cnc2c1C(=O)O. The summed E-state index contributed by atoms with van der Waals surface area (Å²) in [6, 6.07) is 0.501. The number of alkyl halides is 3. The number of carboxylic acid groups (broad SMARTS) is 1. The van der Waals surface area contributed by atoms with E-state index < -0.39 is 36.0 Å². The number of H-pyrrole nitrogens is 1. The van der Waals surface area contributed by atoms with Crippen LogP contribution in [0, 0.1) is 0 Å². The summed E-state index contributed by atoms with van der Waals surface area (Å²) in [5.41, 5.74) is -6.51. The van der Waals surface area contributed by atoms with Crippen LogP contribution in [-0.2, 0) is 19.0 Å². The zero-order valence-corrected chi connectivity index (χ0v) is 22.9. The van der Waals surface area contributed by atoms with Crippen LogP contribution in [-0.4, -0.2) is 92.8 Å². The molecular weight excluding hydrogens is 535 g/mol. The van der Waals surface area contributed by atoms with Gasteiger partial charge in [-0.3, -0.25) is 0 Å². The van der Waals surface area contributed by atoms with Gasteiger partial charge in [0.25, 0.3) is 0 Å². The van der Waals surface area contributed by atoms with Crippen LogP contribution in [0.3, 0.4) is 0 Å². The number of likely N-dealkylation sites (tertiary alicyclic amines) is 1. The number of hydrogen-bond acceptors (Lipinski definition) is 9. The summed E-state index contributed by atoms with van der Waals surface area (Å²) in [6.45, 7) is 8.74. The van der Waals surface area contributed by atoms with Gasteiger partial charge in [-0.15, -0.1) is 0 Å². The van der Waals surface area contributed by atoms with Crippen LogP contribution in [0.25, 0.3) is 11.0 Å². The van der Waals surface area contributed by atoms with E-state index in [0.29, 0.717) is 19.1 Å². The van der Waals surface area contributed by atoms with Crippen molar-refractivity contribution in [3.05, 3.63) is 17.6 Å². The molecule has 2 aromatic heterocycles. The Morgan fingerprint density at radius 2 is 1.95 bits per heavy atom. The van der Waals surface area contributed by atoms with Gasteiger partial charge in [-0.1, -0.05) is 19.6 Å². The van der Waals surface area contributed by atoms with Gasteiger partial charge in [-0.2, -0.15) is 21.6 Å². The van der Waals surface area contributed by atoms with E-state index in [1.165, 1.54) is 0 Å². The molecule has 0 aliphatic carbocycles. The van der Waals surface area contributed by atoms with Gasteiger partial charge in [-0.05, 0) is 32.0 Å². The zero-order chi connectivity index (χ0) is 27.6. The molecule has 1 aliphatic heterocycles. The third kappa shape index (κ3) is 7.19. The second-order valence-electron chi connectivity index (χ2n) is 10.1. The minimum Gasteiger partial charge on any atom is -0.477 e. The summed E-state index contributed by atoms with van der Waals surface area (Å²) in [7, 11) is -6.19. The molecular formula is C21H32F3N5O6SSi. The van der Waals surface area contributed by atoms with Gasteiger partial charge in [0.1, 0.15) is 22.6 Å². The van der Waals surface area contributed by atoms with Crippen molar-refractivity contribution in [1.82, 2.24) is 19.9 Å². The Hall–Kier alpha value is -2.27. The van der Waals surface area contributed by atoms with Gasteiger partial charge in [0.2, 0.25) is 6.29 Å². The first-order valence-corrected chi connectivity index (χ1v) is 16.9. The largest absolute Gasteiger partial charge is 0.523 e. The molecule has 1 aliphatic rings. The number of aromatic nitrogens is 3. The summed E-state index contributed by atoms with van der Waals surface area (Å²) in [5, 5.41) is 9.93. The normalized spacial score (nSPS) is 16.4. The predicted octanol–water partition coefficient (Wildman–Crippen LogP) is 3.41. The molecule has 11 nitrogen and oxygen atoms in total. The lowest BCUT2D eigenvalue weighted by atomic mass is 10.1. The third-order valence-corrected chi connectivity index (χ3v) is 8.65. The van der Waals surface area contributed by atoms with Crippen molar-refractivity contribution in [1.29, 1.82) is 0 Å². The molecule has 1 saturated heterocycles. The second kappa shape index (κ2) is 11.2. The molecule has 2 aromatic rings. The third-order valence-electron chi connectivity index (χ3n) is 5.95. The van der Waals surface area contributed by atoms with E-state index in [-0.39, 0.29) is 34.7 Å². The Morgan fingerprint density at radius 1 is 1.30 bits per heavy atom. The van der Waals surface area contributed by atoms with Crippen LogP contribution in [0.2, 0.25) is 25.7 Å². The number of carbonyl (C=O) groups is 1. The van der Waals surface area contributed by atoms with E-state index in [1.54, 1.807) is 11.9 Å². The lowest BCUT2D eigenvalue weighted by Crippen LogP contribution is -2.33. The van der Waals surface area contributed by atoms with E-state index in [1.807, 2.05) is 19.6 Å². The number of likely N-dealkylation sites (N-methyl/N-ethyl adjacent to an activating group) is 1. The predicted molar refractivity (Wildman–Crippen MR) is 133 cm³/mol. The number of fused-ring (bicyclic) bond motifs is 1. The first-order valence-electron chi connectivity index (χ1n) is 11.8. The zero-order valence-electron chi connectivity index (χ0n) is 21.1. The molecule has 208 valence electrons. The Kier molecular flexibility index (Phi) is 8.88. The number of halogens is 3. The lowest BCUT2D eigenvalue weighted by Gasteiger charge is -2.26. The Bertz CT molecular complexity index is 1210. The number of nitrogens with one attached hydrogen (secondary N) is 1. The lowest BCUT2D eigenvalue weighted by molar-refractivity contribution is -0.105. The molecule has 3 rings (SSSR count). The molecule has 3 heterocycles. The van der Waals surface area contributed by atoms with Gasteiger partial charge in [0.05, 0.1) is 11.8 Å². The van der Waals surface area contributed by atoms with E-state index in [2.05, 4.69) is 24.0 Å². The minimum atomic E-state index is -6.07. The van der Waals surface area contributed by atoms with E-state index in [0.717, 1.165) is 32.3 Å². The van der Waals surface area contributed by atoms with Crippen LogP contribution >= 0.6 is 0 Å². The fourth-order valence-corrected chi connectivity index (χ4v) is 5.07. The molecule has 37 heavy (non-hydrogen) atoms. The van der Waals surface area contributed by atoms with Crippen LogP contribution in [0.5, 0.6) is 0 Å². The molecule has 0 amide bonds. The summed E-state index contributed by atoms with van der Waals surface area (Å²) < 4.78 is 73.5. The Morgan fingerprint density at radius 3 is 2.51 bits per heavy atom. The average molecular weight is 568 g/mol. The molecule has 1 unspecified atom stereocenters. The number of nitrogens with zero attached hydrogens (tertiary/aromatic N) is 4. The van der Waals surface area contributed by atoms with Crippen molar-refractivity contribution in [3.8, 4) is 0 Å². The minimum absolute atomic E-state index is 0.0897. The fourth-order valence-electron chi connectivity index (χ4n) is 3.85. The van der Waals surface area contributed by atoms with Gasteiger partial charge in [0.15, 0.2) is 0 Å². The summed E-state index contributed by atoms with van der Waals surface area (Å²) in [5.74, 6) is -1.44.